The Morgan fingerprint density at radius 3 is 2.29 bits per heavy atom. The summed E-state index contributed by atoms with van der Waals surface area (Å²) in [6, 6.07) is 11.6. The molecule has 4 nitrogen and oxygen atoms in total. The number of hydrogen-bond donors (Lipinski definition) is 2. The molecule has 0 aliphatic rings. The maximum Gasteiger partial charge on any atom is 0.161 e. The average molecular weight is 284 g/mol. The van der Waals surface area contributed by atoms with Crippen molar-refractivity contribution in [2.75, 3.05) is 7.11 Å². The number of ether oxygens (including phenoxy) is 2. The minimum absolute atomic E-state index is 0.00848. The van der Waals surface area contributed by atoms with Gasteiger partial charge in [-0.25, -0.2) is 0 Å². The first kappa shape index (κ1) is 14.9. The molecule has 21 heavy (non-hydrogen) atoms. The molecule has 2 aromatic rings. The van der Waals surface area contributed by atoms with Crippen molar-refractivity contribution in [3.8, 4) is 11.5 Å². The molecule has 0 saturated heterocycles. The van der Waals surface area contributed by atoms with E-state index < -0.39 is 0 Å². The fourth-order valence-electron chi connectivity index (χ4n) is 2.27. The number of nitrogen functional groups attached to an aromatic ring is 1. The molecule has 2 aromatic carbocycles. The molecule has 2 rings (SSSR count). The fourth-order valence-corrected chi connectivity index (χ4v) is 2.27. The second-order valence-corrected chi connectivity index (χ2v) is 5.06. The summed E-state index contributed by atoms with van der Waals surface area (Å²) in [6.07, 6.45) is 0. The van der Waals surface area contributed by atoms with Gasteiger partial charge < -0.3 is 15.2 Å². The Hall–Kier alpha value is -2.49. The highest BCUT2D eigenvalue weighted by molar-refractivity contribution is 5.95. The molecule has 4 heteroatoms. The van der Waals surface area contributed by atoms with E-state index in [0.717, 1.165) is 5.56 Å². The molecule has 0 spiro atoms. The summed E-state index contributed by atoms with van der Waals surface area (Å²) < 4.78 is 11.1. The van der Waals surface area contributed by atoms with Crippen LogP contribution in [-0.2, 0) is 6.61 Å². The summed E-state index contributed by atoms with van der Waals surface area (Å²) in [6.45, 7) is 4.61. The van der Waals surface area contributed by atoms with Crippen LogP contribution >= 0.6 is 0 Å². The average Bonchev–Trinajstić information content (AvgIpc) is 2.43. The van der Waals surface area contributed by atoms with Gasteiger partial charge in [-0.05, 0) is 37.6 Å². The van der Waals surface area contributed by atoms with Crippen LogP contribution in [0.1, 0.15) is 22.3 Å². The monoisotopic (exact) mass is 284 g/mol. The van der Waals surface area contributed by atoms with E-state index in [1.807, 2.05) is 0 Å². The minimum atomic E-state index is 0.00848. The zero-order valence-corrected chi connectivity index (χ0v) is 12.6. The lowest BCUT2D eigenvalue weighted by molar-refractivity contribution is 0.284. The van der Waals surface area contributed by atoms with Crippen molar-refractivity contribution >= 4 is 5.84 Å². The number of rotatable bonds is 5. The summed E-state index contributed by atoms with van der Waals surface area (Å²) in [7, 11) is 1.57. The molecule has 0 amide bonds. The minimum Gasteiger partial charge on any atom is -0.493 e. The molecular weight excluding hydrogens is 264 g/mol. The topological polar surface area (TPSA) is 68.3 Å². The van der Waals surface area contributed by atoms with Crippen LogP contribution in [0.4, 0.5) is 0 Å². The Labute approximate surface area is 125 Å². The van der Waals surface area contributed by atoms with Crippen LogP contribution in [0, 0.1) is 19.3 Å². The number of nitrogens with two attached hydrogens (primary N) is 1. The molecule has 0 aliphatic heterocycles. The van der Waals surface area contributed by atoms with Gasteiger partial charge in [-0.1, -0.05) is 29.3 Å². The van der Waals surface area contributed by atoms with E-state index in [1.54, 1.807) is 25.3 Å². The maximum absolute atomic E-state index is 7.44. The van der Waals surface area contributed by atoms with Crippen molar-refractivity contribution in [1.29, 1.82) is 5.41 Å². The van der Waals surface area contributed by atoms with Crippen LogP contribution in [0.3, 0.4) is 0 Å². The molecule has 0 unspecified atom stereocenters. The van der Waals surface area contributed by atoms with Gasteiger partial charge in [0, 0.05) is 5.56 Å². The van der Waals surface area contributed by atoms with Crippen LogP contribution in [0.2, 0.25) is 0 Å². The summed E-state index contributed by atoms with van der Waals surface area (Å²) >= 11 is 0. The molecule has 0 saturated carbocycles. The van der Waals surface area contributed by atoms with E-state index in [-0.39, 0.29) is 5.84 Å². The number of nitrogens with one attached hydrogen (secondary N) is 1. The largest absolute Gasteiger partial charge is 0.493 e. The first-order valence-electron chi connectivity index (χ1n) is 6.72. The molecule has 0 fully saturated rings. The van der Waals surface area contributed by atoms with E-state index in [0.29, 0.717) is 23.7 Å². The lowest BCUT2D eigenvalue weighted by atomic mass is 10.1. The van der Waals surface area contributed by atoms with Gasteiger partial charge in [0.15, 0.2) is 11.5 Å². The van der Waals surface area contributed by atoms with Crippen molar-refractivity contribution in [3.63, 3.8) is 0 Å². The van der Waals surface area contributed by atoms with Gasteiger partial charge in [0.25, 0.3) is 0 Å². The van der Waals surface area contributed by atoms with Crippen molar-refractivity contribution < 1.29 is 9.47 Å². The Morgan fingerprint density at radius 2 is 1.71 bits per heavy atom. The van der Waals surface area contributed by atoms with Gasteiger partial charge in [0.1, 0.15) is 12.4 Å². The number of hydrogen-bond acceptors (Lipinski definition) is 3. The predicted octanol–water partition coefficient (Wildman–Crippen LogP) is 3.18. The van der Waals surface area contributed by atoms with Gasteiger partial charge in [-0.2, -0.15) is 0 Å². The van der Waals surface area contributed by atoms with Crippen molar-refractivity contribution in [2.45, 2.75) is 20.5 Å². The first-order chi connectivity index (χ1) is 9.99. The van der Waals surface area contributed by atoms with E-state index in [4.69, 9.17) is 20.6 Å². The molecule has 110 valence electrons. The molecular formula is C17H20N2O2. The van der Waals surface area contributed by atoms with Crippen molar-refractivity contribution in [3.05, 3.63) is 58.7 Å². The number of amidine groups is 1. The quantitative estimate of drug-likeness (QED) is 0.654. The Balaban J connectivity index is 2.17. The molecule has 0 heterocycles. The van der Waals surface area contributed by atoms with E-state index in [9.17, 15) is 0 Å². The molecule has 0 atom stereocenters. The standard InChI is InChI=1S/C17H20N2O2/c1-11-6-12(2)8-13(7-11)10-21-15-5-4-14(17(18)19)9-16(15)20-3/h4-9H,10H2,1-3H3,(H3,18,19). The summed E-state index contributed by atoms with van der Waals surface area (Å²) in [5.41, 5.74) is 9.64. The highest BCUT2D eigenvalue weighted by atomic mass is 16.5. The third-order valence-electron chi connectivity index (χ3n) is 3.15. The van der Waals surface area contributed by atoms with Gasteiger partial charge in [0.05, 0.1) is 7.11 Å². The van der Waals surface area contributed by atoms with Crippen LogP contribution in [0.25, 0.3) is 0 Å². The van der Waals surface area contributed by atoms with Crippen molar-refractivity contribution in [2.24, 2.45) is 5.73 Å². The lowest BCUT2D eigenvalue weighted by Crippen LogP contribution is -2.11. The van der Waals surface area contributed by atoms with Gasteiger partial charge >= 0.3 is 0 Å². The van der Waals surface area contributed by atoms with Crippen LogP contribution in [0.5, 0.6) is 11.5 Å². The van der Waals surface area contributed by atoms with Crippen LogP contribution in [0.15, 0.2) is 36.4 Å². The number of methoxy groups -OCH3 is 1. The zero-order chi connectivity index (χ0) is 15.4. The molecule has 0 aliphatic carbocycles. The predicted molar refractivity (Wildman–Crippen MR) is 84.3 cm³/mol. The zero-order valence-electron chi connectivity index (χ0n) is 12.6. The Bertz CT molecular complexity index is 646. The van der Waals surface area contributed by atoms with Crippen molar-refractivity contribution in [1.82, 2.24) is 0 Å². The second-order valence-electron chi connectivity index (χ2n) is 5.06. The SMILES string of the molecule is COc1cc(C(=N)N)ccc1OCc1cc(C)cc(C)c1. The highest BCUT2D eigenvalue weighted by Gasteiger charge is 2.08. The van der Waals surface area contributed by atoms with Gasteiger partial charge in [0.2, 0.25) is 0 Å². The summed E-state index contributed by atoms with van der Waals surface area (Å²) in [5, 5.41) is 7.44. The normalized spacial score (nSPS) is 10.2. The van der Waals surface area contributed by atoms with Crippen LogP contribution in [-0.4, -0.2) is 12.9 Å². The summed E-state index contributed by atoms with van der Waals surface area (Å²) in [5.74, 6) is 1.22. The molecule has 0 radical (unpaired) electrons. The molecule has 3 N–H and O–H groups in total. The lowest BCUT2D eigenvalue weighted by Gasteiger charge is -2.12. The first-order valence-corrected chi connectivity index (χ1v) is 6.72. The maximum atomic E-state index is 7.44. The number of aryl methyl sites for hydroxylation is 2. The summed E-state index contributed by atoms with van der Waals surface area (Å²) in [4.78, 5) is 0. The van der Waals surface area contributed by atoms with Gasteiger partial charge in [-0.3, -0.25) is 5.41 Å². The highest BCUT2D eigenvalue weighted by Crippen LogP contribution is 2.28. The van der Waals surface area contributed by atoms with E-state index in [1.165, 1.54) is 11.1 Å². The molecule has 0 bridgehead atoms. The third-order valence-corrected chi connectivity index (χ3v) is 3.15. The smallest absolute Gasteiger partial charge is 0.161 e. The fraction of sp³-hybridized carbons (Fsp3) is 0.235. The third kappa shape index (κ3) is 3.75. The van der Waals surface area contributed by atoms with E-state index >= 15 is 0 Å². The Kier molecular flexibility index (Phi) is 4.48. The van der Waals surface area contributed by atoms with Crippen LogP contribution < -0.4 is 15.2 Å². The Morgan fingerprint density at radius 1 is 1.05 bits per heavy atom. The number of benzene rings is 2. The molecule has 0 aromatic heterocycles. The van der Waals surface area contributed by atoms with Gasteiger partial charge in [-0.15, -0.1) is 0 Å². The van der Waals surface area contributed by atoms with E-state index in [2.05, 4.69) is 32.0 Å². The second kappa shape index (κ2) is 6.31.